The smallest absolute Gasteiger partial charge is 0.493 e. The van der Waals surface area contributed by atoms with Crippen LogP contribution in [0.4, 0.5) is 10.6 Å². The predicted octanol–water partition coefficient (Wildman–Crippen LogP) is 5.96. The monoisotopic (exact) mass is 551 g/mol. The Morgan fingerprint density at radius 3 is 2.59 bits per heavy atom. The lowest BCUT2D eigenvalue weighted by atomic mass is 10.0. The molecule has 0 saturated heterocycles. The Hall–Kier alpha value is -3.98. The van der Waals surface area contributed by atoms with Crippen molar-refractivity contribution in [2.75, 3.05) is 32.1 Å². The van der Waals surface area contributed by atoms with Gasteiger partial charge in [0, 0.05) is 55.9 Å². The van der Waals surface area contributed by atoms with Gasteiger partial charge in [0.25, 0.3) is 5.91 Å². The van der Waals surface area contributed by atoms with Gasteiger partial charge in [0.05, 0.1) is 11.6 Å². The van der Waals surface area contributed by atoms with Crippen molar-refractivity contribution in [3.05, 3.63) is 75.9 Å². The molecule has 10 heteroatoms. The Labute approximate surface area is 231 Å². The highest BCUT2D eigenvalue weighted by molar-refractivity contribution is 6.32. The number of ether oxygens (including phenoxy) is 3. The van der Waals surface area contributed by atoms with E-state index in [4.69, 9.17) is 35.9 Å². The minimum atomic E-state index is -1.36. The van der Waals surface area contributed by atoms with Gasteiger partial charge in [-0.2, -0.15) is 0 Å². The number of rotatable bonds is 9. The van der Waals surface area contributed by atoms with Gasteiger partial charge in [-0.1, -0.05) is 17.7 Å². The van der Waals surface area contributed by atoms with Gasteiger partial charge >= 0.3 is 6.16 Å². The van der Waals surface area contributed by atoms with Crippen LogP contribution in [0.2, 0.25) is 5.02 Å². The van der Waals surface area contributed by atoms with Crippen LogP contribution in [0.1, 0.15) is 58.5 Å². The molecule has 1 saturated carbocycles. The molecule has 0 bridgehead atoms. The number of benzene rings is 2. The van der Waals surface area contributed by atoms with Crippen LogP contribution >= 0.6 is 11.6 Å². The van der Waals surface area contributed by atoms with E-state index in [9.17, 15) is 9.59 Å². The van der Waals surface area contributed by atoms with E-state index in [1.54, 1.807) is 36.4 Å². The Kier molecular flexibility index (Phi) is 7.79. The second-order valence-electron chi connectivity index (χ2n) is 9.85. The number of halogens is 1. The zero-order valence-electron chi connectivity index (χ0n) is 21.8. The topological polar surface area (TPSA) is 110 Å². The van der Waals surface area contributed by atoms with Gasteiger partial charge in [-0.25, -0.2) is 9.78 Å². The van der Waals surface area contributed by atoms with E-state index in [0.717, 1.165) is 17.1 Å². The maximum atomic E-state index is 12.7. The maximum absolute atomic E-state index is 12.7. The molecule has 2 N–H and O–H groups in total. The van der Waals surface area contributed by atoms with Crippen molar-refractivity contribution in [2.24, 2.45) is 0 Å². The number of carboxylic acid groups (broad SMARTS) is 1. The highest BCUT2D eigenvalue weighted by atomic mass is 35.5. The molecule has 1 aromatic heterocycles. The van der Waals surface area contributed by atoms with Crippen LogP contribution in [-0.2, 0) is 11.2 Å². The molecule has 1 aliphatic carbocycles. The quantitative estimate of drug-likeness (QED) is 0.313. The van der Waals surface area contributed by atoms with Crippen molar-refractivity contribution in [2.45, 2.75) is 37.7 Å². The summed E-state index contributed by atoms with van der Waals surface area (Å²) in [6.45, 7) is 0.800. The number of aromatic nitrogens is 1. The summed E-state index contributed by atoms with van der Waals surface area (Å²) >= 11 is 6.40. The number of carbonyl (C=O) groups is 2. The molecule has 3 aromatic rings. The lowest BCUT2D eigenvalue weighted by Gasteiger charge is -2.25. The number of hydrogen-bond donors (Lipinski definition) is 2. The molecule has 1 atom stereocenters. The predicted molar refractivity (Wildman–Crippen MR) is 147 cm³/mol. The molecule has 1 aliphatic heterocycles. The molecule has 0 spiro atoms. The third kappa shape index (κ3) is 6.37. The summed E-state index contributed by atoms with van der Waals surface area (Å²) in [6.07, 6.45) is 1.49. The Morgan fingerprint density at radius 2 is 1.90 bits per heavy atom. The summed E-state index contributed by atoms with van der Waals surface area (Å²) in [5.41, 5.74) is 3.31. The highest BCUT2D eigenvalue weighted by Crippen LogP contribution is 2.42. The van der Waals surface area contributed by atoms with Gasteiger partial charge in [0.1, 0.15) is 29.2 Å². The van der Waals surface area contributed by atoms with E-state index in [0.29, 0.717) is 60.3 Å². The number of carbonyl (C=O) groups excluding carboxylic acids is 1. The molecule has 39 heavy (non-hydrogen) atoms. The van der Waals surface area contributed by atoms with Crippen molar-refractivity contribution in [1.82, 2.24) is 10.3 Å². The van der Waals surface area contributed by atoms with Gasteiger partial charge in [0.15, 0.2) is 0 Å². The summed E-state index contributed by atoms with van der Waals surface area (Å²) in [5.74, 6) is 2.65. The van der Waals surface area contributed by atoms with Crippen LogP contribution in [0.15, 0.2) is 48.5 Å². The van der Waals surface area contributed by atoms with Gasteiger partial charge in [0.2, 0.25) is 0 Å². The van der Waals surface area contributed by atoms with E-state index in [-0.39, 0.29) is 10.9 Å². The van der Waals surface area contributed by atoms with E-state index < -0.39 is 12.3 Å². The lowest BCUT2D eigenvalue weighted by Crippen LogP contribution is -2.26. The minimum absolute atomic E-state index is 0.180. The first-order chi connectivity index (χ1) is 18.8. The van der Waals surface area contributed by atoms with Crippen molar-refractivity contribution in [3.8, 4) is 17.2 Å². The molecular weight excluding hydrogens is 522 g/mol. The first kappa shape index (κ1) is 26.6. The molecule has 1 fully saturated rings. The van der Waals surface area contributed by atoms with Crippen LogP contribution in [0.25, 0.3) is 0 Å². The fourth-order valence-electron chi connectivity index (χ4n) is 4.58. The van der Waals surface area contributed by atoms with E-state index in [1.165, 1.54) is 12.8 Å². The van der Waals surface area contributed by atoms with Crippen LogP contribution in [0.3, 0.4) is 0 Å². The fraction of sp³-hybridized carbons (Fsp3) is 0.345. The van der Waals surface area contributed by atoms with Gasteiger partial charge in [-0.15, -0.1) is 0 Å². The second-order valence-corrected chi connectivity index (χ2v) is 10.3. The summed E-state index contributed by atoms with van der Waals surface area (Å²) in [4.78, 5) is 30.6. The average Bonchev–Trinajstić information content (AvgIpc) is 3.75. The normalized spacial score (nSPS) is 16.0. The van der Waals surface area contributed by atoms with E-state index in [1.807, 2.05) is 19.0 Å². The number of nitrogens with zero attached hydrogens (tertiary/aromatic N) is 2. The largest absolute Gasteiger partial charge is 0.506 e. The SMILES string of the molecule is CN(C)c1nc(C2CC2)ccc1CCNC(=O)c1ccc(Oc2cc3c(cc2Cl)C(OC(=O)O)CCO3)cc1. The zero-order chi connectivity index (χ0) is 27.5. The number of hydrogen-bond acceptors (Lipinski definition) is 7. The Morgan fingerprint density at radius 1 is 1.13 bits per heavy atom. The minimum Gasteiger partial charge on any atom is -0.493 e. The Bertz CT molecular complexity index is 1370. The number of nitrogens with one attached hydrogen (secondary N) is 1. The molecule has 2 aliphatic rings. The van der Waals surface area contributed by atoms with E-state index >= 15 is 0 Å². The molecule has 9 nitrogen and oxygen atoms in total. The number of fused-ring (bicyclic) bond motifs is 1. The molecule has 5 rings (SSSR count). The third-order valence-corrected chi connectivity index (χ3v) is 7.01. The number of amides is 1. The van der Waals surface area contributed by atoms with Crippen LogP contribution in [-0.4, -0.2) is 49.4 Å². The zero-order valence-corrected chi connectivity index (χ0v) is 22.5. The van der Waals surface area contributed by atoms with Gasteiger partial charge < -0.3 is 29.5 Å². The molecule has 0 radical (unpaired) electrons. The summed E-state index contributed by atoms with van der Waals surface area (Å²) in [7, 11) is 3.97. The van der Waals surface area contributed by atoms with Gasteiger partial charge in [-0.3, -0.25) is 4.79 Å². The van der Waals surface area contributed by atoms with Crippen LogP contribution in [0, 0.1) is 0 Å². The summed E-state index contributed by atoms with van der Waals surface area (Å²) in [5, 5.41) is 12.2. The molecule has 204 valence electrons. The first-order valence-electron chi connectivity index (χ1n) is 12.9. The number of anilines is 1. The molecule has 1 unspecified atom stereocenters. The van der Waals surface area contributed by atoms with Crippen molar-refractivity contribution < 1.29 is 28.9 Å². The van der Waals surface area contributed by atoms with Gasteiger partial charge in [-0.05, 0) is 61.2 Å². The fourth-order valence-corrected chi connectivity index (χ4v) is 4.79. The molecule has 2 heterocycles. The lowest BCUT2D eigenvalue weighted by molar-refractivity contribution is 0.0326. The number of pyridine rings is 1. The highest BCUT2D eigenvalue weighted by Gasteiger charge is 2.27. The Balaban J connectivity index is 1.19. The standard InChI is InChI=1S/C29H30ClN3O6/c1-33(2)27-18(7-10-23(32-27)17-3-4-17)11-13-31-28(34)19-5-8-20(9-6-19)38-26-16-25-21(15-22(26)30)24(12-14-37-25)39-29(35)36/h5-10,15-17,24H,3-4,11-14H2,1-2H3,(H,31,34)(H,35,36). The van der Waals surface area contributed by atoms with E-state index in [2.05, 4.69) is 17.4 Å². The van der Waals surface area contributed by atoms with Crippen molar-refractivity contribution in [3.63, 3.8) is 0 Å². The second kappa shape index (κ2) is 11.4. The molecule has 2 aromatic carbocycles. The van der Waals surface area contributed by atoms with Crippen LogP contribution < -0.4 is 19.7 Å². The summed E-state index contributed by atoms with van der Waals surface area (Å²) in [6, 6.07) is 14.2. The maximum Gasteiger partial charge on any atom is 0.506 e. The van der Waals surface area contributed by atoms with Crippen LogP contribution in [0.5, 0.6) is 17.2 Å². The molecular formula is C29H30ClN3O6. The third-order valence-electron chi connectivity index (χ3n) is 6.71. The summed E-state index contributed by atoms with van der Waals surface area (Å²) < 4.78 is 16.5. The van der Waals surface area contributed by atoms with Crippen molar-refractivity contribution >= 4 is 29.5 Å². The van der Waals surface area contributed by atoms with Crippen molar-refractivity contribution in [1.29, 1.82) is 0 Å². The first-order valence-corrected chi connectivity index (χ1v) is 13.3. The average molecular weight is 552 g/mol. The molecule has 1 amide bonds.